The number of halogens is 2. The zero-order valence-corrected chi connectivity index (χ0v) is 10.8. The number of hydrogen-bond donors (Lipinski definition) is 0. The molecule has 0 amide bonds. The van der Waals surface area contributed by atoms with Crippen molar-refractivity contribution >= 4 is 5.78 Å². The van der Waals surface area contributed by atoms with Gasteiger partial charge in [-0.1, -0.05) is 36.4 Å². The molecule has 19 heavy (non-hydrogen) atoms. The molecule has 0 aliphatic carbocycles. The van der Waals surface area contributed by atoms with Gasteiger partial charge < -0.3 is 0 Å². The normalized spacial score (nSPS) is 11.4. The van der Waals surface area contributed by atoms with Gasteiger partial charge in [0.25, 0.3) is 0 Å². The van der Waals surface area contributed by atoms with Gasteiger partial charge in [-0.15, -0.1) is 0 Å². The first kappa shape index (κ1) is 13.4. The highest BCUT2D eigenvalue weighted by Crippen LogP contribution is 2.28. The van der Waals surface area contributed by atoms with Crippen molar-refractivity contribution < 1.29 is 13.6 Å². The molecule has 0 aromatic heterocycles. The smallest absolute Gasteiger partial charge is 0.175 e. The van der Waals surface area contributed by atoms with Crippen molar-refractivity contribution in [1.29, 1.82) is 0 Å². The molecular formula is C16H14F2O. The van der Waals surface area contributed by atoms with E-state index in [-0.39, 0.29) is 5.56 Å². The first-order valence-corrected chi connectivity index (χ1v) is 5.99. The molecule has 0 heterocycles. The van der Waals surface area contributed by atoms with Crippen molar-refractivity contribution in [3.05, 3.63) is 71.3 Å². The zero-order valence-electron chi connectivity index (χ0n) is 10.8. The predicted octanol–water partition coefficient (Wildman–Crippen LogP) is 4.13. The molecule has 0 spiro atoms. The molecule has 0 saturated heterocycles. The van der Waals surface area contributed by atoms with Gasteiger partial charge in [0.1, 0.15) is 0 Å². The maximum Gasteiger partial charge on any atom is 0.175 e. The number of carbonyl (C=O) groups excluding carboxylic acids is 1. The Balaban J connectivity index is 2.47. The van der Waals surface area contributed by atoms with Crippen LogP contribution >= 0.6 is 0 Å². The van der Waals surface area contributed by atoms with Crippen LogP contribution in [0.5, 0.6) is 0 Å². The molecule has 0 unspecified atom stereocenters. The zero-order chi connectivity index (χ0) is 14.0. The second-order valence-corrected chi connectivity index (χ2v) is 4.92. The van der Waals surface area contributed by atoms with E-state index < -0.39 is 22.8 Å². The molecule has 3 heteroatoms. The molecule has 0 aliphatic heterocycles. The molecular weight excluding hydrogens is 246 g/mol. The van der Waals surface area contributed by atoms with Crippen molar-refractivity contribution in [1.82, 2.24) is 0 Å². The summed E-state index contributed by atoms with van der Waals surface area (Å²) in [7, 11) is 0. The highest BCUT2D eigenvalue weighted by molar-refractivity contribution is 6.03. The number of benzene rings is 2. The Morgan fingerprint density at radius 2 is 1.58 bits per heavy atom. The summed E-state index contributed by atoms with van der Waals surface area (Å²) in [5, 5.41) is 0. The van der Waals surface area contributed by atoms with Gasteiger partial charge in [-0.3, -0.25) is 4.79 Å². The van der Waals surface area contributed by atoms with E-state index in [0.717, 1.165) is 11.6 Å². The molecule has 0 aliphatic rings. The van der Waals surface area contributed by atoms with Gasteiger partial charge in [-0.05, 0) is 31.5 Å². The van der Waals surface area contributed by atoms with Crippen LogP contribution in [-0.2, 0) is 5.41 Å². The van der Waals surface area contributed by atoms with Gasteiger partial charge >= 0.3 is 0 Å². The lowest BCUT2D eigenvalue weighted by Crippen LogP contribution is -2.30. The summed E-state index contributed by atoms with van der Waals surface area (Å²) in [6.45, 7) is 3.41. The average Bonchev–Trinajstić information content (AvgIpc) is 2.42. The average molecular weight is 260 g/mol. The van der Waals surface area contributed by atoms with Gasteiger partial charge in [0.05, 0.1) is 11.0 Å². The van der Waals surface area contributed by atoms with Crippen molar-refractivity contribution in [3.8, 4) is 0 Å². The Bertz CT molecular complexity index is 603. The molecule has 0 radical (unpaired) electrons. The predicted molar refractivity (Wildman–Crippen MR) is 70.2 cm³/mol. The van der Waals surface area contributed by atoms with Crippen LogP contribution in [0.4, 0.5) is 8.78 Å². The van der Waals surface area contributed by atoms with E-state index in [1.54, 1.807) is 26.0 Å². The summed E-state index contributed by atoms with van der Waals surface area (Å²) in [4.78, 5) is 12.4. The van der Waals surface area contributed by atoms with E-state index in [4.69, 9.17) is 0 Å². The maximum atomic E-state index is 13.7. The van der Waals surface area contributed by atoms with E-state index in [0.29, 0.717) is 0 Å². The lowest BCUT2D eigenvalue weighted by atomic mass is 9.78. The van der Waals surface area contributed by atoms with Gasteiger partial charge in [0, 0.05) is 0 Å². The molecule has 0 bridgehead atoms. The highest BCUT2D eigenvalue weighted by atomic mass is 19.2. The lowest BCUT2D eigenvalue weighted by Gasteiger charge is -2.24. The Hall–Kier alpha value is -2.03. The molecule has 2 aromatic rings. The first-order chi connectivity index (χ1) is 8.94. The van der Waals surface area contributed by atoms with Gasteiger partial charge in [-0.25, -0.2) is 8.78 Å². The number of rotatable bonds is 3. The molecule has 2 rings (SSSR count). The Morgan fingerprint density at radius 3 is 2.21 bits per heavy atom. The summed E-state index contributed by atoms with van der Waals surface area (Å²) in [5.74, 6) is -2.53. The van der Waals surface area contributed by atoms with Crippen LogP contribution < -0.4 is 0 Å². The van der Waals surface area contributed by atoms with Crippen molar-refractivity contribution in [2.45, 2.75) is 19.3 Å². The van der Waals surface area contributed by atoms with Crippen LogP contribution in [-0.4, -0.2) is 5.78 Å². The fourth-order valence-corrected chi connectivity index (χ4v) is 2.00. The van der Waals surface area contributed by atoms with E-state index >= 15 is 0 Å². The van der Waals surface area contributed by atoms with Crippen LogP contribution in [0.2, 0.25) is 0 Å². The van der Waals surface area contributed by atoms with Crippen LogP contribution in [0, 0.1) is 11.6 Å². The summed E-state index contributed by atoms with van der Waals surface area (Å²) in [6, 6.07) is 12.7. The van der Waals surface area contributed by atoms with Crippen LogP contribution in [0.1, 0.15) is 29.8 Å². The summed E-state index contributed by atoms with van der Waals surface area (Å²) >= 11 is 0. The molecule has 0 fully saturated rings. The second-order valence-electron chi connectivity index (χ2n) is 4.92. The minimum Gasteiger partial charge on any atom is -0.293 e. The van der Waals surface area contributed by atoms with Crippen LogP contribution in [0.15, 0.2) is 48.5 Å². The Kier molecular flexibility index (Phi) is 3.47. The van der Waals surface area contributed by atoms with E-state index in [1.165, 1.54) is 12.1 Å². The molecule has 1 nitrogen and oxygen atoms in total. The lowest BCUT2D eigenvalue weighted by molar-refractivity contribution is 0.0903. The van der Waals surface area contributed by atoms with Gasteiger partial charge in [-0.2, -0.15) is 0 Å². The quantitative estimate of drug-likeness (QED) is 0.758. The van der Waals surface area contributed by atoms with Gasteiger partial charge in [0.15, 0.2) is 17.4 Å². The summed E-state index contributed by atoms with van der Waals surface area (Å²) in [5.41, 5.74) is -0.354. The number of Topliss-reactive ketones (excluding diaryl/α,β-unsaturated/α-hetero) is 1. The largest absolute Gasteiger partial charge is 0.293 e. The minimum absolute atomic E-state index is 0.214. The molecule has 2 aromatic carbocycles. The molecule has 0 N–H and O–H groups in total. The number of hydrogen-bond acceptors (Lipinski definition) is 1. The first-order valence-electron chi connectivity index (χ1n) is 5.99. The third-order valence-corrected chi connectivity index (χ3v) is 3.26. The Morgan fingerprint density at radius 1 is 0.947 bits per heavy atom. The molecule has 0 saturated carbocycles. The highest BCUT2D eigenvalue weighted by Gasteiger charge is 2.32. The number of carbonyl (C=O) groups is 1. The van der Waals surface area contributed by atoms with Crippen molar-refractivity contribution in [2.24, 2.45) is 0 Å². The third kappa shape index (κ3) is 2.41. The minimum atomic E-state index is -1.09. The van der Waals surface area contributed by atoms with E-state index in [2.05, 4.69) is 0 Å². The fraction of sp³-hybridized carbons (Fsp3) is 0.188. The van der Waals surface area contributed by atoms with E-state index in [9.17, 15) is 13.6 Å². The SMILES string of the molecule is CC(C)(C(=O)c1cccc(F)c1F)c1ccccc1. The molecule has 0 atom stereocenters. The standard InChI is InChI=1S/C16H14F2O/c1-16(2,11-7-4-3-5-8-11)15(19)12-9-6-10-13(17)14(12)18/h3-10H,1-2H3. The van der Waals surface area contributed by atoms with Crippen LogP contribution in [0.3, 0.4) is 0 Å². The van der Waals surface area contributed by atoms with Crippen molar-refractivity contribution in [3.63, 3.8) is 0 Å². The fourth-order valence-electron chi connectivity index (χ4n) is 2.00. The van der Waals surface area contributed by atoms with Crippen LogP contribution in [0.25, 0.3) is 0 Å². The maximum absolute atomic E-state index is 13.7. The summed E-state index contributed by atoms with van der Waals surface area (Å²) < 4.78 is 26.9. The topological polar surface area (TPSA) is 17.1 Å². The van der Waals surface area contributed by atoms with Gasteiger partial charge in [0.2, 0.25) is 0 Å². The second kappa shape index (κ2) is 4.92. The Labute approximate surface area is 110 Å². The molecule has 98 valence electrons. The van der Waals surface area contributed by atoms with E-state index in [1.807, 2.05) is 18.2 Å². The monoisotopic (exact) mass is 260 g/mol. The third-order valence-electron chi connectivity index (χ3n) is 3.26. The summed E-state index contributed by atoms with van der Waals surface area (Å²) in [6.07, 6.45) is 0. The van der Waals surface area contributed by atoms with Crippen molar-refractivity contribution in [2.75, 3.05) is 0 Å². The number of ketones is 1.